The van der Waals surface area contributed by atoms with E-state index in [9.17, 15) is 4.79 Å². The molecule has 3 aromatic rings. The van der Waals surface area contributed by atoms with Gasteiger partial charge in [0, 0.05) is 25.1 Å². The first-order valence-corrected chi connectivity index (χ1v) is 9.84. The number of fused-ring (bicyclic) bond motifs is 1. The molecule has 1 aromatic carbocycles. The second-order valence-corrected chi connectivity index (χ2v) is 6.64. The lowest BCUT2D eigenvalue weighted by atomic mass is 10.1. The minimum absolute atomic E-state index is 0.301. The van der Waals surface area contributed by atoms with Crippen LogP contribution in [-0.4, -0.2) is 46.1 Å². The maximum absolute atomic E-state index is 11.9. The number of amides is 1. The normalized spacial score (nSPS) is 11.7. The smallest absolute Gasteiger partial charge is 0.244 e. The fraction of sp³-hybridized carbons (Fsp3) is 0.316. The Kier molecular flexibility index (Phi) is 5.93. The molecular formula is C19H21N5O3S. The standard InChI is InChI=1S/C19H21N5O3S/c1-6-24-17(20-11(2)25)15(10-16-18(24)21-19(28-5)23-22-16)12-7-13(26-3)9-14(8-12)27-4/h7-10H,6H2,1-5H3/b20-17-. The number of hydrogen-bond donors (Lipinski definition) is 0. The molecule has 0 atom stereocenters. The Bertz CT molecular complexity index is 1090. The van der Waals surface area contributed by atoms with Crippen LogP contribution in [0.5, 0.6) is 11.5 Å². The van der Waals surface area contributed by atoms with Crippen molar-refractivity contribution in [1.82, 2.24) is 19.7 Å². The Morgan fingerprint density at radius 2 is 1.82 bits per heavy atom. The van der Waals surface area contributed by atoms with E-state index in [0.717, 1.165) is 11.1 Å². The molecule has 2 aromatic heterocycles. The van der Waals surface area contributed by atoms with Crippen molar-refractivity contribution in [3.8, 4) is 22.6 Å². The van der Waals surface area contributed by atoms with Crippen LogP contribution in [0.4, 0.5) is 0 Å². The van der Waals surface area contributed by atoms with Gasteiger partial charge in [0.05, 0.1) is 14.2 Å². The molecule has 8 nitrogen and oxygen atoms in total. The van der Waals surface area contributed by atoms with Crippen LogP contribution in [-0.2, 0) is 11.3 Å². The van der Waals surface area contributed by atoms with E-state index >= 15 is 0 Å². The number of methoxy groups -OCH3 is 2. The second-order valence-electron chi connectivity index (χ2n) is 5.87. The number of rotatable bonds is 5. The summed E-state index contributed by atoms with van der Waals surface area (Å²) in [6, 6.07) is 7.34. The van der Waals surface area contributed by atoms with Gasteiger partial charge in [-0.2, -0.15) is 4.99 Å². The molecule has 0 bridgehead atoms. The highest BCUT2D eigenvalue weighted by atomic mass is 32.2. The number of carbonyl (C=O) groups is 1. The van der Waals surface area contributed by atoms with E-state index < -0.39 is 0 Å². The van der Waals surface area contributed by atoms with Gasteiger partial charge in [0.1, 0.15) is 22.5 Å². The highest BCUT2D eigenvalue weighted by Crippen LogP contribution is 2.29. The third kappa shape index (κ3) is 3.84. The molecule has 0 saturated carbocycles. The van der Waals surface area contributed by atoms with Crippen molar-refractivity contribution >= 4 is 28.8 Å². The van der Waals surface area contributed by atoms with Gasteiger partial charge in [-0.3, -0.25) is 4.79 Å². The fourth-order valence-corrected chi connectivity index (χ4v) is 3.18. The summed E-state index contributed by atoms with van der Waals surface area (Å²) in [7, 11) is 3.18. The van der Waals surface area contributed by atoms with E-state index in [4.69, 9.17) is 9.47 Å². The van der Waals surface area contributed by atoms with Crippen molar-refractivity contribution in [3.63, 3.8) is 0 Å². The van der Waals surface area contributed by atoms with Crippen molar-refractivity contribution in [2.45, 2.75) is 25.5 Å². The van der Waals surface area contributed by atoms with E-state index in [0.29, 0.717) is 39.9 Å². The van der Waals surface area contributed by atoms with Gasteiger partial charge in [0.25, 0.3) is 0 Å². The Morgan fingerprint density at radius 1 is 1.14 bits per heavy atom. The summed E-state index contributed by atoms with van der Waals surface area (Å²) < 4.78 is 12.6. The first-order valence-electron chi connectivity index (χ1n) is 8.61. The van der Waals surface area contributed by atoms with Gasteiger partial charge in [-0.1, -0.05) is 11.8 Å². The lowest BCUT2D eigenvalue weighted by molar-refractivity contribution is -0.116. The van der Waals surface area contributed by atoms with Crippen molar-refractivity contribution in [1.29, 1.82) is 0 Å². The summed E-state index contributed by atoms with van der Waals surface area (Å²) in [5.41, 5.74) is 3.25. The van der Waals surface area contributed by atoms with E-state index in [1.807, 2.05) is 35.9 Å². The molecule has 1 amide bonds. The summed E-state index contributed by atoms with van der Waals surface area (Å²) in [4.78, 5) is 20.7. The largest absolute Gasteiger partial charge is 0.497 e. The summed E-state index contributed by atoms with van der Waals surface area (Å²) in [5.74, 6) is 0.964. The third-order valence-electron chi connectivity index (χ3n) is 4.13. The first-order chi connectivity index (χ1) is 13.5. The molecule has 2 heterocycles. The molecule has 0 radical (unpaired) electrons. The SMILES string of the molecule is CCn1/c(=N\C(C)=O)c(-c2cc(OC)cc(OC)c2)cc2nnc(SC)nc21. The second kappa shape index (κ2) is 8.39. The minimum atomic E-state index is -0.301. The molecule has 0 aliphatic rings. The molecule has 0 saturated heterocycles. The maximum Gasteiger partial charge on any atom is 0.244 e. The van der Waals surface area contributed by atoms with Crippen molar-refractivity contribution in [2.24, 2.45) is 4.99 Å². The predicted octanol–water partition coefficient (Wildman–Crippen LogP) is 2.70. The number of aryl methyl sites for hydroxylation is 1. The number of carbonyl (C=O) groups excluding carboxylic acids is 1. The molecule has 9 heteroatoms. The van der Waals surface area contributed by atoms with Gasteiger partial charge >= 0.3 is 0 Å². The van der Waals surface area contributed by atoms with Crippen LogP contribution in [0, 0.1) is 0 Å². The Balaban J connectivity index is 2.44. The molecule has 0 aliphatic carbocycles. The van der Waals surface area contributed by atoms with Gasteiger partial charge < -0.3 is 14.0 Å². The van der Waals surface area contributed by atoms with Crippen LogP contribution in [0.2, 0.25) is 0 Å². The lowest BCUT2D eigenvalue weighted by Gasteiger charge is -2.14. The Hall–Kier alpha value is -2.94. The monoisotopic (exact) mass is 399 g/mol. The van der Waals surface area contributed by atoms with Crippen molar-refractivity contribution in [3.05, 3.63) is 29.8 Å². The van der Waals surface area contributed by atoms with Crippen LogP contribution >= 0.6 is 11.8 Å². The number of aromatic nitrogens is 4. The van der Waals surface area contributed by atoms with Crippen LogP contribution in [0.3, 0.4) is 0 Å². The molecule has 146 valence electrons. The highest BCUT2D eigenvalue weighted by Gasteiger charge is 2.15. The van der Waals surface area contributed by atoms with E-state index in [1.54, 1.807) is 20.3 Å². The molecule has 28 heavy (non-hydrogen) atoms. The zero-order valence-electron chi connectivity index (χ0n) is 16.4. The highest BCUT2D eigenvalue weighted by molar-refractivity contribution is 7.98. The number of pyridine rings is 1. The van der Waals surface area contributed by atoms with E-state index in [2.05, 4.69) is 20.2 Å². The van der Waals surface area contributed by atoms with Gasteiger partial charge in [-0.15, -0.1) is 10.2 Å². The topological polar surface area (TPSA) is 91.5 Å². The lowest BCUT2D eigenvalue weighted by Crippen LogP contribution is -2.25. The Labute approximate surface area is 166 Å². The van der Waals surface area contributed by atoms with Crippen molar-refractivity contribution < 1.29 is 14.3 Å². The van der Waals surface area contributed by atoms with E-state index in [-0.39, 0.29) is 5.91 Å². The summed E-state index contributed by atoms with van der Waals surface area (Å²) in [5, 5.41) is 9.00. The van der Waals surface area contributed by atoms with Crippen LogP contribution < -0.4 is 15.0 Å². The number of hydrogen-bond acceptors (Lipinski definition) is 7. The minimum Gasteiger partial charge on any atom is -0.497 e. The average molecular weight is 399 g/mol. The van der Waals surface area contributed by atoms with Gasteiger partial charge in [-0.25, -0.2) is 4.98 Å². The quantitative estimate of drug-likeness (QED) is 0.609. The average Bonchev–Trinajstić information content (AvgIpc) is 2.71. The molecule has 0 fully saturated rings. The zero-order chi connectivity index (χ0) is 20.3. The number of ether oxygens (including phenoxy) is 2. The van der Waals surface area contributed by atoms with Crippen LogP contribution in [0.25, 0.3) is 22.3 Å². The molecule has 0 N–H and O–H groups in total. The summed E-state index contributed by atoms with van der Waals surface area (Å²) >= 11 is 1.40. The molecule has 0 spiro atoms. The Morgan fingerprint density at radius 3 is 2.36 bits per heavy atom. The van der Waals surface area contributed by atoms with Gasteiger partial charge in [0.15, 0.2) is 5.65 Å². The number of thioether (sulfide) groups is 1. The molecule has 0 aliphatic heterocycles. The summed E-state index contributed by atoms with van der Waals surface area (Å²) in [6.45, 7) is 3.95. The van der Waals surface area contributed by atoms with Crippen LogP contribution in [0.15, 0.2) is 34.4 Å². The molecule has 0 unspecified atom stereocenters. The molecule has 3 rings (SSSR count). The first kappa shape index (κ1) is 19.8. The van der Waals surface area contributed by atoms with Crippen LogP contribution in [0.1, 0.15) is 13.8 Å². The van der Waals surface area contributed by atoms with Gasteiger partial charge in [-0.05, 0) is 36.9 Å². The fourth-order valence-electron chi connectivity index (χ4n) is 2.88. The maximum atomic E-state index is 11.9. The number of nitrogens with zero attached hydrogens (tertiary/aromatic N) is 5. The van der Waals surface area contributed by atoms with Crippen molar-refractivity contribution in [2.75, 3.05) is 20.5 Å². The van der Waals surface area contributed by atoms with E-state index in [1.165, 1.54) is 18.7 Å². The predicted molar refractivity (Wildman–Crippen MR) is 108 cm³/mol. The summed E-state index contributed by atoms with van der Waals surface area (Å²) in [6.07, 6.45) is 1.89. The zero-order valence-corrected chi connectivity index (χ0v) is 17.2. The third-order valence-corrected chi connectivity index (χ3v) is 4.67. The number of benzene rings is 1. The van der Waals surface area contributed by atoms with Gasteiger partial charge in [0.2, 0.25) is 11.1 Å². The molecular weight excluding hydrogens is 378 g/mol.